The molecule has 7 heteroatoms. The zero-order chi connectivity index (χ0) is 20.9. The average Bonchev–Trinajstić information content (AvgIpc) is 3.57. The molecule has 1 atom stereocenters. The Labute approximate surface area is 169 Å². The third kappa shape index (κ3) is 5.34. The molecule has 1 saturated carbocycles. The van der Waals surface area contributed by atoms with E-state index >= 15 is 0 Å². The summed E-state index contributed by atoms with van der Waals surface area (Å²) in [7, 11) is 0. The van der Waals surface area contributed by atoms with Crippen LogP contribution in [0.4, 0.5) is 5.69 Å². The number of carboxylic acids is 1. The molecule has 29 heavy (non-hydrogen) atoms. The first kappa shape index (κ1) is 20.4. The van der Waals surface area contributed by atoms with Crippen LogP contribution >= 0.6 is 0 Å². The van der Waals surface area contributed by atoms with Gasteiger partial charge in [0, 0.05) is 24.2 Å². The van der Waals surface area contributed by atoms with Crippen molar-refractivity contribution < 1.29 is 24.2 Å². The third-order valence-electron chi connectivity index (χ3n) is 4.94. The summed E-state index contributed by atoms with van der Waals surface area (Å²) in [6.45, 7) is 1.24. The Balaban J connectivity index is 1.53. The highest BCUT2D eigenvalue weighted by atomic mass is 16.5. The lowest BCUT2D eigenvalue weighted by molar-refractivity contribution is -0.143. The molecule has 7 nitrogen and oxygen atoms in total. The van der Waals surface area contributed by atoms with E-state index in [1.54, 1.807) is 61.5 Å². The number of rotatable bonds is 9. The van der Waals surface area contributed by atoms with Gasteiger partial charge in [0.15, 0.2) is 6.61 Å². The molecule has 1 unspecified atom stereocenters. The van der Waals surface area contributed by atoms with Gasteiger partial charge in [-0.25, -0.2) is 0 Å². The second kappa shape index (κ2) is 8.77. The molecule has 0 radical (unpaired) electrons. The molecule has 0 heterocycles. The highest BCUT2D eigenvalue weighted by Gasteiger charge is 2.35. The largest absolute Gasteiger partial charge is 0.484 e. The lowest BCUT2D eigenvalue weighted by atomic mass is 9.82. The summed E-state index contributed by atoms with van der Waals surface area (Å²) in [6.07, 6.45) is 1.83. The smallest absolute Gasteiger partial charge is 0.315 e. The standard InChI is InChI=1S/C22H24N2O5/c1-22(21(27)28,16-6-3-2-4-7-16)14-23-19(25)13-29-18-9-5-8-17(12-18)24-20(26)15-10-11-15/h2-9,12,15H,10-11,13-14H2,1H3,(H,23,25)(H,24,26)(H,27,28). The van der Waals surface area contributed by atoms with Gasteiger partial charge in [0.1, 0.15) is 11.2 Å². The van der Waals surface area contributed by atoms with Crippen molar-refractivity contribution in [3.63, 3.8) is 0 Å². The van der Waals surface area contributed by atoms with Crippen LogP contribution in [0.1, 0.15) is 25.3 Å². The number of carboxylic acid groups (broad SMARTS) is 1. The zero-order valence-corrected chi connectivity index (χ0v) is 16.2. The number of amides is 2. The topological polar surface area (TPSA) is 105 Å². The van der Waals surface area contributed by atoms with Crippen molar-refractivity contribution >= 4 is 23.5 Å². The molecule has 3 rings (SSSR count). The van der Waals surface area contributed by atoms with Crippen LogP contribution in [0.15, 0.2) is 54.6 Å². The summed E-state index contributed by atoms with van der Waals surface area (Å²) in [5.74, 6) is -0.921. The molecule has 2 aromatic rings. The van der Waals surface area contributed by atoms with Gasteiger partial charge >= 0.3 is 5.97 Å². The molecular weight excluding hydrogens is 372 g/mol. The van der Waals surface area contributed by atoms with E-state index in [9.17, 15) is 19.5 Å². The molecule has 2 amide bonds. The predicted molar refractivity (Wildman–Crippen MR) is 108 cm³/mol. The maximum Gasteiger partial charge on any atom is 0.315 e. The van der Waals surface area contributed by atoms with Crippen molar-refractivity contribution in [1.82, 2.24) is 5.32 Å². The Morgan fingerprint density at radius 1 is 1.10 bits per heavy atom. The fourth-order valence-electron chi connectivity index (χ4n) is 2.84. The molecule has 0 bridgehead atoms. The lowest BCUT2D eigenvalue weighted by Crippen LogP contribution is -2.45. The van der Waals surface area contributed by atoms with Crippen LogP contribution < -0.4 is 15.4 Å². The Morgan fingerprint density at radius 2 is 1.83 bits per heavy atom. The number of ether oxygens (including phenoxy) is 1. The molecule has 0 aromatic heterocycles. The van der Waals surface area contributed by atoms with Crippen molar-refractivity contribution in [3.8, 4) is 5.75 Å². The van der Waals surface area contributed by atoms with Crippen molar-refractivity contribution in [3.05, 3.63) is 60.2 Å². The number of anilines is 1. The molecular formula is C22H24N2O5. The number of nitrogens with one attached hydrogen (secondary N) is 2. The van der Waals surface area contributed by atoms with Gasteiger partial charge in [0.2, 0.25) is 5.91 Å². The van der Waals surface area contributed by atoms with Crippen LogP contribution in [0.2, 0.25) is 0 Å². The highest BCUT2D eigenvalue weighted by Crippen LogP contribution is 2.30. The highest BCUT2D eigenvalue weighted by molar-refractivity contribution is 5.94. The van der Waals surface area contributed by atoms with Gasteiger partial charge in [0.25, 0.3) is 5.91 Å². The van der Waals surface area contributed by atoms with Crippen LogP contribution in [0.25, 0.3) is 0 Å². The van der Waals surface area contributed by atoms with Crippen molar-refractivity contribution in [1.29, 1.82) is 0 Å². The number of hydrogen-bond donors (Lipinski definition) is 3. The fourth-order valence-corrected chi connectivity index (χ4v) is 2.84. The molecule has 0 saturated heterocycles. The molecule has 1 aliphatic carbocycles. The van der Waals surface area contributed by atoms with E-state index < -0.39 is 17.3 Å². The van der Waals surface area contributed by atoms with Crippen LogP contribution in [0.3, 0.4) is 0 Å². The molecule has 0 spiro atoms. The second-order valence-corrected chi connectivity index (χ2v) is 7.36. The van der Waals surface area contributed by atoms with Gasteiger partial charge in [-0.05, 0) is 37.5 Å². The third-order valence-corrected chi connectivity index (χ3v) is 4.94. The normalized spacial score (nSPS) is 15.1. The van der Waals surface area contributed by atoms with Gasteiger partial charge < -0.3 is 20.5 Å². The maximum absolute atomic E-state index is 12.2. The monoisotopic (exact) mass is 396 g/mol. The minimum Gasteiger partial charge on any atom is -0.484 e. The molecule has 1 aliphatic rings. The zero-order valence-electron chi connectivity index (χ0n) is 16.2. The summed E-state index contributed by atoms with van der Waals surface area (Å²) in [4.78, 5) is 35.8. The molecule has 0 aliphatic heterocycles. The Kier molecular flexibility index (Phi) is 6.16. The second-order valence-electron chi connectivity index (χ2n) is 7.36. The first-order chi connectivity index (χ1) is 13.9. The number of hydrogen-bond acceptors (Lipinski definition) is 4. The summed E-state index contributed by atoms with van der Waals surface area (Å²) in [5.41, 5.74) is -0.0284. The molecule has 1 fully saturated rings. The number of carbonyl (C=O) groups excluding carboxylic acids is 2. The maximum atomic E-state index is 12.2. The minimum atomic E-state index is -1.25. The van der Waals surface area contributed by atoms with Crippen molar-refractivity contribution in [2.24, 2.45) is 5.92 Å². The summed E-state index contributed by atoms with van der Waals surface area (Å²) in [5, 5.41) is 15.1. The van der Waals surface area contributed by atoms with Gasteiger partial charge in [-0.3, -0.25) is 14.4 Å². The summed E-state index contributed by atoms with van der Waals surface area (Å²) in [6, 6.07) is 15.6. The minimum absolute atomic E-state index is 0.00578. The van der Waals surface area contributed by atoms with Gasteiger partial charge in [-0.1, -0.05) is 36.4 Å². The predicted octanol–water partition coefficient (Wildman–Crippen LogP) is 2.57. The molecule has 3 N–H and O–H groups in total. The van der Waals surface area contributed by atoms with Gasteiger partial charge in [0.05, 0.1) is 0 Å². The Hall–Kier alpha value is -3.35. The molecule has 2 aromatic carbocycles. The number of carbonyl (C=O) groups is 3. The van der Waals surface area contributed by atoms with Crippen LogP contribution in [0, 0.1) is 5.92 Å². The van der Waals surface area contributed by atoms with Crippen LogP contribution in [0.5, 0.6) is 5.75 Å². The van der Waals surface area contributed by atoms with E-state index in [0.29, 0.717) is 17.0 Å². The quantitative estimate of drug-likeness (QED) is 0.604. The van der Waals surface area contributed by atoms with Gasteiger partial charge in [-0.15, -0.1) is 0 Å². The number of benzene rings is 2. The van der Waals surface area contributed by atoms with Gasteiger partial charge in [-0.2, -0.15) is 0 Å². The van der Waals surface area contributed by atoms with E-state index in [2.05, 4.69) is 10.6 Å². The fraction of sp³-hybridized carbons (Fsp3) is 0.318. The first-order valence-electron chi connectivity index (χ1n) is 9.48. The first-order valence-corrected chi connectivity index (χ1v) is 9.48. The SMILES string of the molecule is CC(CNC(=O)COc1cccc(NC(=O)C2CC2)c1)(C(=O)O)c1ccccc1. The van der Waals surface area contributed by atoms with Crippen LogP contribution in [-0.4, -0.2) is 36.0 Å². The average molecular weight is 396 g/mol. The van der Waals surface area contributed by atoms with Crippen molar-refractivity contribution in [2.75, 3.05) is 18.5 Å². The van der Waals surface area contributed by atoms with E-state index in [0.717, 1.165) is 12.8 Å². The molecule has 152 valence electrons. The Morgan fingerprint density at radius 3 is 2.48 bits per heavy atom. The van der Waals surface area contributed by atoms with E-state index in [1.807, 2.05) is 0 Å². The lowest BCUT2D eigenvalue weighted by Gasteiger charge is -2.25. The number of aliphatic carboxylic acids is 1. The summed E-state index contributed by atoms with van der Waals surface area (Å²) < 4.78 is 5.49. The van der Waals surface area contributed by atoms with Crippen LogP contribution in [-0.2, 0) is 19.8 Å². The van der Waals surface area contributed by atoms with E-state index in [-0.39, 0.29) is 25.0 Å². The summed E-state index contributed by atoms with van der Waals surface area (Å²) >= 11 is 0. The Bertz CT molecular complexity index is 895. The van der Waals surface area contributed by atoms with Crippen molar-refractivity contribution in [2.45, 2.75) is 25.2 Å². The van der Waals surface area contributed by atoms with E-state index in [1.165, 1.54) is 0 Å². The van der Waals surface area contributed by atoms with E-state index in [4.69, 9.17) is 4.74 Å².